The molecule has 0 aliphatic rings. The molecule has 5 heteroatoms. The Bertz CT molecular complexity index is 945. The van der Waals surface area contributed by atoms with E-state index in [-0.39, 0.29) is 0 Å². The minimum Gasteiger partial charge on any atom is -0.279 e. The highest BCUT2D eigenvalue weighted by atomic mass is 32.2. The van der Waals surface area contributed by atoms with Gasteiger partial charge in [0.25, 0.3) is 10.0 Å². The van der Waals surface area contributed by atoms with Crippen molar-refractivity contribution in [3.05, 3.63) is 65.9 Å². The monoisotopic (exact) mass is 312 g/mol. The Morgan fingerprint density at radius 3 is 2.64 bits per heavy atom. The summed E-state index contributed by atoms with van der Waals surface area (Å²) in [5.74, 6) is 0. The molecule has 0 aliphatic heterocycles. The number of aryl methyl sites for hydroxylation is 2. The summed E-state index contributed by atoms with van der Waals surface area (Å²) in [6.45, 7) is 3.67. The van der Waals surface area contributed by atoms with Gasteiger partial charge in [-0.3, -0.25) is 9.71 Å². The molecule has 0 atom stereocenters. The molecule has 0 unspecified atom stereocenters. The van der Waals surface area contributed by atoms with Gasteiger partial charge in [0.1, 0.15) is 0 Å². The molecule has 0 amide bonds. The van der Waals surface area contributed by atoms with Gasteiger partial charge in [0.15, 0.2) is 0 Å². The third-order valence-electron chi connectivity index (χ3n) is 3.52. The number of anilines is 1. The van der Waals surface area contributed by atoms with Crippen LogP contribution in [0.2, 0.25) is 0 Å². The van der Waals surface area contributed by atoms with Gasteiger partial charge in [-0.15, -0.1) is 0 Å². The summed E-state index contributed by atoms with van der Waals surface area (Å²) in [5.41, 5.74) is 2.91. The quantitative estimate of drug-likeness (QED) is 0.803. The molecule has 3 rings (SSSR count). The van der Waals surface area contributed by atoms with Gasteiger partial charge in [-0.05, 0) is 55.3 Å². The van der Waals surface area contributed by atoms with Crippen molar-refractivity contribution in [1.82, 2.24) is 4.98 Å². The number of hydrogen-bond donors (Lipinski definition) is 1. The molecule has 0 fully saturated rings. The molecule has 0 saturated carbocycles. The fourth-order valence-electron chi connectivity index (χ4n) is 2.39. The van der Waals surface area contributed by atoms with Crippen molar-refractivity contribution in [2.45, 2.75) is 18.7 Å². The zero-order chi connectivity index (χ0) is 15.7. The van der Waals surface area contributed by atoms with Crippen LogP contribution in [0.25, 0.3) is 10.9 Å². The van der Waals surface area contributed by atoms with Crippen LogP contribution in [0.5, 0.6) is 0 Å². The average Bonchev–Trinajstić information content (AvgIpc) is 2.50. The van der Waals surface area contributed by atoms with Crippen LogP contribution in [0.1, 0.15) is 11.1 Å². The molecule has 0 saturated heterocycles. The molecule has 1 N–H and O–H groups in total. The van der Waals surface area contributed by atoms with E-state index in [1.165, 1.54) is 0 Å². The first kappa shape index (κ1) is 14.5. The van der Waals surface area contributed by atoms with Gasteiger partial charge in [0, 0.05) is 11.6 Å². The van der Waals surface area contributed by atoms with Crippen molar-refractivity contribution in [1.29, 1.82) is 0 Å². The highest BCUT2D eigenvalue weighted by Gasteiger charge is 2.18. The van der Waals surface area contributed by atoms with E-state index in [1.54, 1.807) is 37.4 Å². The first-order chi connectivity index (χ1) is 10.5. The Morgan fingerprint density at radius 1 is 1.00 bits per heavy atom. The predicted molar refractivity (Wildman–Crippen MR) is 88.5 cm³/mol. The number of nitrogens with zero attached hydrogens (tertiary/aromatic N) is 1. The van der Waals surface area contributed by atoms with Gasteiger partial charge in [-0.2, -0.15) is 0 Å². The van der Waals surface area contributed by atoms with Crippen LogP contribution < -0.4 is 4.72 Å². The van der Waals surface area contributed by atoms with Crippen LogP contribution in [0.4, 0.5) is 5.69 Å². The van der Waals surface area contributed by atoms with Crippen LogP contribution in [0, 0.1) is 13.8 Å². The number of aromatic nitrogens is 1. The SMILES string of the molecule is Cc1ccc(C)c(S(=O)(=O)Nc2cccc3ncccc23)c1. The molecule has 1 heterocycles. The van der Waals surface area contributed by atoms with E-state index in [1.807, 2.05) is 31.2 Å². The van der Waals surface area contributed by atoms with Gasteiger partial charge in [0.2, 0.25) is 0 Å². The normalized spacial score (nSPS) is 11.5. The second kappa shape index (κ2) is 5.42. The summed E-state index contributed by atoms with van der Waals surface area (Å²) in [5, 5.41) is 0.777. The molecule has 0 bridgehead atoms. The van der Waals surface area contributed by atoms with E-state index in [2.05, 4.69) is 9.71 Å². The molecular weight excluding hydrogens is 296 g/mol. The largest absolute Gasteiger partial charge is 0.279 e. The summed E-state index contributed by atoms with van der Waals surface area (Å²) >= 11 is 0. The second-order valence-corrected chi connectivity index (χ2v) is 6.90. The number of hydrogen-bond acceptors (Lipinski definition) is 3. The van der Waals surface area contributed by atoms with E-state index in [0.29, 0.717) is 10.6 Å². The Hall–Kier alpha value is -2.40. The number of fused-ring (bicyclic) bond motifs is 1. The Kier molecular flexibility index (Phi) is 3.58. The molecule has 0 aliphatic carbocycles. The lowest BCUT2D eigenvalue weighted by atomic mass is 10.2. The lowest BCUT2D eigenvalue weighted by Crippen LogP contribution is -2.14. The van der Waals surface area contributed by atoms with E-state index in [0.717, 1.165) is 22.0 Å². The van der Waals surface area contributed by atoms with Crippen LogP contribution in [-0.4, -0.2) is 13.4 Å². The van der Waals surface area contributed by atoms with Gasteiger partial charge in [-0.1, -0.05) is 18.2 Å². The third kappa shape index (κ3) is 2.67. The average molecular weight is 312 g/mol. The summed E-state index contributed by atoms with van der Waals surface area (Å²) in [4.78, 5) is 4.54. The van der Waals surface area contributed by atoms with E-state index in [9.17, 15) is 8.42 Å². The number of benzene rings is 2. The first-order valence-electron chi connectivity index (χ1n) is 6.91. The van der Waals surface area contributed by atoms with Crippen molar-refractivity contribution in [3.63, 3.8) is 0 Å². The zero-order valence-corrected chi connectivity index (χ0v) is 13.2. The summed E-state index contributed by atoms with van der Waals surface area (Å²) in [7, 11) is -3.64. The van der Waals surface area contributed by atoms with Crippen molar-refractivity contribution < 1.29 is 8.42 Å². The van der Waals surface area contributed by atoms with Crippen LogP contribution in [0.3, 0.4) is 0 Å². The van der Waals surface area contributed by atoms with Crippen molar-refractivity contribution in [2.24, 2.45) is 0 Å². The minimum absolute atomic E-state index is 0.299. The summed E-state index contributed by atoms with van der Waals surface area (Å²) in [6, 6.07) is 14.4. The topological polar surface area (TPSA) is 59.1 Å². The number of nitrogens with one attached hydrogen (secondary N) is 1. The highest BCUT2D eigenvalue weighted by molar-refractivity contribution is 7.92. The van der Waals surface area contributed by atoms with Crippen molar-refractivity contribution in [3.8, 4) is 0 Å². The first-order valence-corrected chi connectivity index (χ1v) is 8.39. The van der Waals surface area contributed by atoms with E-state index in [4.69, 9.17) is 0 Å². The number of rotatable bonds is 3. The Balaban J connectivity index is 2.09. The Morgan fingerprint density at radius 2 is 1.82 bits per heavy atom. The highest BCUT2D eigenvalue weighted by Crippen LogP contribution is 2.25. The van der Waals surface area contributed by atoms with Gasteiger partial charge < -0.3 is 0 Å². The molecule has 0 radical (unpaired) electrons. The Labute approximate surface area is 129 Å². The van der Waals surface area contributed by atoms with Crippen molar-refractivity contribution >= 4 is 26.6 Å². The molecule has 0 spiro atoms. The van der Waals surface area contributed by atoms with Gasteiger partial charge in [-0.25, -0.2) is 8.42 Å². The molecule has 22 heavy (non-hydrogen) atoms. The summed E-state index contributed by atoms with van der Waals surface area (Å²) < 4.78 is 28.1. The second-order valence-electron chi connectivity index (χ2n) is 5.25. The molecule has 2 aromatic carbocycles. The van der Waals surface area contributed by atoms with Crippen LogP contribution in [-0.2, 0) is 10.0 Å². The molecule has 3 aromatic rings. The predicted octanol–water partition coefficient (Wildman–Crippen LogP) is 3.65. The summed E-state index contributed by atoms with van der Waals surface area (Å²) in [6.07, 6.45) is 1.69. The standard InChI is InChI=1S/C17H16N2O2S/c1-12-8-9-13(2)17(11-12)22(20,21)19-16-7-3-6-15-14(16)5-4-10-18-15/h3-11,19H,1-2H3. The fraction of sp³-hybridized carbons (Fsp3) is 0.118. The maximum Gasteiger partial charge on any atom is 0.262 e. The maximum absolute atomic E-state index is 12.7. The molecule has 112 valence electrons. The van der Waals surface area contributed by atoms with E-state index >= 15 is 0 Å². The van der Waals surface area contributed by atoms with Gasteiger partial charge in [0.05, 0.1) is 16.1 Å². The number of pyridine rings is 1. The molecule has 1 aromatic heterocycles. The molecule has 4 nitrogen and oxygen atoms in total. The fourth-order valence-corrected chi connectivity index (χ4v) is 3.80. The lowest BCUT2D eigenvalue weighted by Gasteiger charge is -2.12. The van der Waals surface area contributed by atoms with Gasteiger partial charge >= 0.3 is 0 Å². The van der Waals surface area contributed by atoms with Crippen LogP contribution >= 0.6 is 0 Å². The van der Waals surface area contributed by atoms with Crippen molar-refractivity contribution in [2.75, 3.05) is 4.72 Å². The molecular formula is C17H16N2O2S. The maximum atomic E-state index is 12.7. The van der Waals surface area contributed by atoms with Crippen LogP contribution in [0.15, 0.2) is 59.6 Å². The minimum atomic E-state index is -3.64. The smallest absolute Gasteiger partial charge is 0.262 e. The lowest BCUT2D eigenvalue weighted by molar-refractivity contribution is 0.600. The van der Waals surface area contributed by atoms with E-state index < -0.39 is 10.0 Å². The third-order valence-corrected chi connectivity index (χ3v) is 5.03. The number of sulfonamides is 1. The zero-order valence-electron chi connectivity index (χ0n) is 12.4.